The van der Waals surface area contributed by atoms with E-state index >= 15 is 0 Å². The molecule has 1 amide bonds. The quantitative estimate of drug-likeness (QED) is 0.684. The van der Waals surface area contributed by atoms with Crippen molar-refractivity contribution in [1.82, 2.24) is 4.31 Å². The molecule has 0 aromatic heterocycles. The highest BCUT2D eigenvalue weighted by atomic mass is 35.5. The second-order valence-corrected chi connectivity index (χ2v) is 9.99. The van der Waals surface area contributed by atoms with Gasteiger partial charge in [0, 0.05) is 36.9 Å². The molecular weight excluding hydrogens is 454 g/mol. The summed E-state index contributed by atoms with van der Waals surface area (Å²) in [5.74, 6) is -0.235. The molecule has 2 aliphatic rings. The molecule has 2 fully saturated rings. The van der Waals surface area contributed by atoms with Crippen LogP contribution in [-0.4, -0.2) is 71.2 Å². The Morgan fingerprint density at radius 2 is 1.56 bits per heavy atom. The van der Waals surface area contributed by atoms with Gasteiger partial charge in [0.2, 0.25) is 15.9 Å². The number of morpholine rings is 2. The first-order valence-corrected chi connectivity index (χ1v) is 12.3. The Hall–Kier alpha value is -2.17. The van der Waals surface area contributed by atoms with Gasteiger partial charge in [-0.15, -0.1) is 0 Å². The average molecular weight is 480 g/mol. The third kappa shape index (κ3) is 5.41. The summed E-state index contributed by atoms with van der Waals surface area (Å²) in [6, 6.07) is 12.1. The predicted octanol–water partition coefficient (Wildman–Crippen LogP) is 2.38. The highest BCUT2D eigenvalue weighted by Crippen LogP contribution is 2.32. The van der Waals surface area contributed by atoms with Gasteiger partial charge in [0.05, 0.1) is 38.5 Å². The van der Waals surface area contributed by atoms with Crippen LogP contribution >= 0.6 is 11.6 Å². The van der Waals surface area contributed by atoms with Crippen molar-refractivity contribution >= 4 is 38.9 Å². The molecule has 32 heavy (non-hydrogen) atoms. The van der Waals surface area contributed by atoms with Crippen molar-refractivity contribution in [1.29, 1.82) is 0 Å². The molecule has 1 N–H and O–H groups in total. The highest BCUT2D eigenvalue weighted by Gasteiger charge is 2.31. The molecule has 0 radical (unpaired) electrons. The van der Waals surface area contributed by atoms with E-state index in [1.807, 2.05) is 4.90 Å². The molecule has 0 atom stereocenters. The molecule has 4 rings (SSSR count). The van der Waals surface area contributed by atoms with Crippen molar-refractivity contribution in [2.24, 2.45) is 0 Å². The van der Waals surface area contributed by atoms with E-state index in [-0.39, 0.29) is 17.2 Å². The lowest BCUT2D eigenvalue weighted by Crippen LogP contribution is -2.42. The predicted molar refractivity (Wildman–Crippen MR) is 123 cm³/mol. The van der Waals surface area contributed by atoms with E-state index in [9.17, 15) is 13.2 Å². The van der Waals surface area contributed by atoms with Crippen molar-refractivity contribution in [3.05, 3.63) is 53.1 Å². The summed E-state index contributed by atoms with van der Waals surface area (Å²) in [7, 11) is -3.76. The lowest BCUT2D eigenvalue weighted by molar-refractivity contribution is -0.115. The lowest BCUT2D eigenvalue weighted by Gasteiger charge is -2.33. The number of rotatable bonds is 6. The largest absolute Gasteiger partial charge is 0.379 e. The maximum Gasteiger partial charge on any atom is 0.245 e. The number of ether oxygens (including phenoxy) is 2. The second-order valence-electron chi connectivity index (χ2n) is 7.65. The molecule has 2 aromatic carbocycles. The van der Waals surface area contributed by atoms with Gasteiger partial charge in [-0.1, -0.05) is 23.7 Å². The summed E-state index contributed by atoms with van der Waals surface area (Å²) >= 11 is 5.90. The molecule has 0 spiro atoms. The monoisotopic (exact) mass is 479 g/mol. The van der Waals surface area contributed by atoms with E-state index in [0.717, 1.165) is 5.56 Å². The zero-order valence-corrected chi connectivity index (χ0v) is 19.2. The molecule has 0 bridgehead atoms. The molecule has 172 valence electrons. The summed E-state index contributed by atoms with van der Waals surface area (Å²) in [5, 5.41) is 3.43. The van der Waals surface area contributed by atoms with Crippen LogP contribution in [0.15, 0.2) is 47.4 Å². The minimum absolute atomic E-state index is 0.161. The Balaban J connectivity index is 1.60. The number of hydrogen-bond donors (Lipinski definition) is 1. The average Bonchev–Trinajstić information content (AvgIpc) is 2.81. The number of halogens is 1. The Morgan fingerprint density at radius 1 is 0.938 bits per heavy atom. The van der Waals surface area contributed by atoms with Crippen LogP contribution in [0.2, 0.25) is 5.02 Å². The van der Waals surface area contributed by atoms with Crippen molar-refractivity contribution < 1.29 is 22.7 Å². The Labute approximate surface area is 193 Å². The van der Waals surface area contributed by atoms with Gasteiger partial charge in [0.15, 0.2) is 0 Å². The van der Waals surface area contributed by atoms with E-state index in [2.05, 4.69) is 5.32 Å². The first-order chi connectivity index (χ1) is 15.4. The van der Waals surface area contributed by atoms with Crippen LogP contribution in [0, 0.1) is 0 Å². The van der Waals surface area contributed by atoms with Crippen LogP contribution in [0.3, 0.4) is 0 Å². The zero-order chi connectivity index (χ0) is 22.6. The van der Waals surface area contributed by atoms with Gasteiger partial charge in [0.25, 0.3) is 0 Å². The standard InChI is InChI=1S/C22H26ClN3O5S/c23-18-3-1-17(2-4-18)15-22(27)24-19-5-6-20(25-7-11-30-12-8-25)21(16-19)32(28,29)26-9-13-31-14-10-26/h1-6,16H,7-15H2,(H,24,27). The number of sulfonamides is 1. The number of carbonyl (C=O) groups excluding carboxylic acids is 1. The van der Waals surface area contributed by atoms with E-state index in [0.29, 0.717) is 69.0 Å². The summed E-state index contributed by atoms with van der Waals surface area (Å²) < 4.78 is 39.2. The molecule has 10 heteroatoms. The van der Waals surface area contributed by atoms with Crippen LogP contribution in [0.25, 0.3) is 0 Å². The highest BCUT2D eigenvalue weighted by molar-refractivity contribution is 7.89. The zero-order valence-electron chi connectivity index (χ0n) is 17.6. The Bertz CT molecular complexity index is 1050. The third-order valence-corrected chi connectivity index (χ3v) is 7.64. The number of nitrogens with one attached hydrogen (secondary N) is 1. The fraction of sp³-hybridized carbons (Fsp3) is 0.409. The van der Waals surface area contributed by atoms with Crippen LogP contribution in [0.5, 0.6) is 0 Å². The first-order valence-electron chi connectivity index (χ1n) is 10.5. The molecule has 0 unspecified atom stereocenters. The fourth-order valence-corrected chi connectivity index (χ4v) is 5.55. The van der Waals surface area contributed by atoms with Gasteiger partial charge in [-0.25, -0.2) is 8.42 Å². The molecular formula is C22H26ClN3O5S. The summed E-state index contributed by atoms with van der Waals surface area (Å²) in [5.41, 5.74) is 1.88. The van der Waals surface area contributed by atoms with Crippen molar-refractivity contribution in [3.8, 4) is 0 Å². The number of carbonyl (C=O) groups is 1. The van der Waals surface area contributed by atoms with Gasteiger partial charge in [-0.3, -0.25) is 4.79 Å². The molecule has 2 aliphatic heterocycles. The van der Waals surface area contributed by atoms with E-state index in [1.165, 1.54) is 4.31 Å². The topological polar surface area (TPSA) is 88.2 Å². The van der Waals surface area contributed by atoms with Gasteiger partial charge in [-0.2, -0.15) is 4.31 Å². The molecule has 8 nitrogen and oxygen atoms in total. The number of hydrogen-bond acceptors (Lipinski definition) is 6. The normalized spacial score (nSPS) is 17.8. The number of amides is 1. The van der Waals surface area contributed by atoms with E-state index in [1.54, 1.807) is 42.5 Å². The first kappa shape index (κ1) is 23.0. The maximum absolute atomic E-state index is 13.5. The van der Waals surface area contributed by atoms with Gasteiger partial charge in [-0.05, 0) is 35.9 Å². The lowest BCUT2D eigenvalue weighted by atomic mass is 10.1. The Kier molecular flexibility index (Phi) is 7.32. The van der Waals surface area contributed by atoms with Crippen LogP contribution in [0.4, 0.5) is 11.4 Å². The SMILES string of the molecule is O=C(Cc1ccc(Cl)cc1)Nc1ccc(N2CCOCC2)c(S(=O)(=O)N2CCOCC2)c1. The molecule has 0 aliphatic carbocycles. The van der Waals surface area contributed by atoms with Gasteiger partial charge in [0.1, 0.15) is 4.90 Å². The van der Waals surface area contributed by atoms with Crippen LogP contribution in [-0.2, 0) is 30.7 Å². The summed E-state index contributed by atoms with van der Waals surface area (Å²) in [4.78, 5) is 14.8. The number of benzene rings is 2. The van der Waals surface area contributed by atoms with Crippen molar-refractivity contribution in [2.45, 2.75) is 11.3 Å². The molecule has 2 saturated heterocycles. The minimum atomic E-state index is -3.76. The molecule has 2 aromatic rings. The van der Waals surface area contributed by atoms with E-state index < -0.39 is 10.0 Å². The summed E-state index contributed by atoms with van der Waals surface area (Å²) in [6.45, 7) is 3.62. The third-order valence-electron chi connectivity index (χ3n) is 5.46. The maximum atomic E-state index is 13.5. The number of anilines is 2. The molecule has 2 heterocycles. The smallest absolute Gasteiger partial charge is 0.245 e. The fourth-order valence-electron chi connectivity index (χ4n) is 3.78. The number of nitrogens with zero attached hydrogens (tertiary/aromatic N) is 2. The van der Waals surface area contributed by atoms with Gasteiger partial charge >= 0.3 is 0 Å². The van der Waals surface area contributed by atoms with Crippen LogP contribution < -0.4 is 10.2 Å². The summed E-state index contributed by atoms with van der Waals surface area (Å²) in [6.07, 6.45) is 0.161. The molecule has 0 saturated carbocycles. The van der Waals surface area contributed by atoms with Crippen molar-refractivity contribution in [3.63, 3.8) is 0 Å². The van der Waals surface area contributed by atoms with Crippen molar-refractivity contribution in [2.75, 3.05) is 62.8 Å². The van der Waals surface area contributed by atoms with E-state index in [4.69, 9.17) is 21.1 Å². The Morgan fingerprint density at radius 3 is 2.22 bits per heavy atom. The van der Waals surface area contributed by atoms with Gasteiger partial charge < -0.3 is 19.7 Å². The minimum Gasteiger partial charge on any atom is -0.379 e. The second kappa shape index (κ2) is 10.2. The van der Waals surface area contributed by atoms with Crippen LogP contribution in [0.1, 0.15) is 5.56 Å².